The van der Waals surface area contributed by atoms with Crippen molar-refractivity contribution < 1.29 is 14.7 Å². The fourth-order valence-corrected chi connectivity index (χ4v) is 2.29. The normalized spacial score (nSPS) is 25.3. The van der Waals surface area contributed by atoms with Crippen molar-refractivity contribution in [3.63, 3.8) is 0 Å². The van der Waals surface area contributed by atoms with Gasteiger partial charge in [-0.1, -0.05) is 26.7 Å². The first-order valence-electron chi connectivity index (χ1n) is 6.80. The van der Waals surface area contributed by atoms with Gasteiger partial charge in [-0.3, -0.25) is 9.59 Å². The summed E-state index contributed by atoms with van der Waals surface area (Å²) < 4.78 is 0. The highest BCUT2D eigenvalue weighted by atomic mass is 16.3. The lowest BCUT2D eigenvalue weighted by molar-refractivity contribution is -0.140. The highest BCUT2D eigenvalue weighted by Gasteiger charge is 2.26. The summed E-state index contributed by atoms with van der Waals surface area (Å²) in [6.07, 6.45) is 4.95. The number of aliphatic hydroxyl groups is 1. The van der Waals surface area contributed by atoms with Crippen molar-refractivity contribution >= 4 is 11.8 Å². The molecule has 1 rings (SSSR count). The molecule has 18 heavy (non-hydrogen) atoms. The van der Waals surface area contributed by atoms with Gasteiger partial charge >= 0.3 is 11.8 Å². The molecule has 5 heteroatoms. The van der Waals surface area contributed by atoms with Gasteiger partial charge in [-0.05, 0) is 25.2 Å². The van der Waals surface area contributed by atoms with Crippen LogP contribution in [0.5, 0.6) is 0 Å². The van der Waals surface area contributed by atoms with Crippen LogP contribution in [0, 0.1) is 5.92 Å². The molecule has 0 spiro atoms. The molecule has 0 radical (unpaired) electrons. The van der Waals surface area contributed by atoms with Crippen LogP contribution in [0.2, 0.25) is 0 Å². The molecule has 3 atom stereocenters. The molecule has 0 saturated heterocycles. The van der Waals surface area contributed by atoms with E-state index in [9.17, 15) is 9.59 Å². The third-order valence-corrected chi connectivity index (χ3v) is 3.68. The standard InChI is InChI=1S/C13H24N2O3/c1-3-10(8-16)14-12(17)13(18)15-11-7-5-4-6-9(11)2/h9-11,16H,3-8H2,1-2H3,(H,14,17)(H,15,18)/t9-,10+,11-/m0/s1. The molecule has 1 fully saturated rings. The summed E-state index contributed by atoms with van der Waals surface area (Å²) in [7, 11) is 0. The second-order valence-corrected chi connectivity index (χ2v) is 5.10. The van der Waals surface area contributed by atoms with Crippen LogP contribution in [0.15, 0.2) is 0 Å². The first-order chi connectivity index (χ1) is 8.58. The topological polar surface area (TPSA) is 78.4 Å². The van der Waals surface area contributed by atoms with E-state index in [1.807, 2.05) is 6.92 Å². The minimum atomic E-state index is -0.645. The average molecular weight is 256 g/mol. The number of carbonyl (C=O) groups is 2. The number of aliphatic hydroxyl groups excluding tert-OH is 1. The first kappa shape index (κ1) is 15.0. The van der Waals surface area contributed by atoms with Gasteiger partial charge < -0.3 is 15.7 Å². The van der Waals surface area contributed by atoms with Crippen molar-refractivity contribution in [1.29, 1.82) is 0 Å². The van der Waals surface area contributed by atoms with Gasteiger partial charge in [-0.2, -0.15) is 0 Å². The highest BCUT2D eigenvalue weighted by molar-refractivity contribution is 6.35. The monoisotopic (exact) mass is 256 g/mol. The average Bonchev–Trinajstić information content (AvgIpc) is 2.38. The van der Waals surface area contributed by atoms with Crippen LogP contribution in [0.4, 0.5) is 0 Å². The maximum absolute atomic E-state index is 11.7. The molecular formula is C13H24N2O3. The van der Waals surface area contributed by atoms with E-state index < -0.39 is 11.8 Å². The predicted octanol–water partition coefficient (Wildman–Crippen LogP) is 0.568. The molecular weight excluding hydrogens is 232 g/mol. The fourth-order valence-electron chi connectivity index (χ4n) is 2.29. The summed E-state index contributed by atoms with van der Waals surface area (Å²) in [4.78, 5) is 23.3. The molecule has 0 bridgehead atoms. The van der Waals surface area contributed by atoms with Gasteiger partial charge in [0.25, 0.3) is 0 Å². The number of hydrogen-bond donors (Lipinski definition) is 3. The lowest BCUT2D eigenvalue weighted by Gasteiger charge is -2.29. The molecule has 5 nitrogen and oxygen atoms in total. The van der Waals surface area contributed by atoms with Crippen molar-refractivity contribution in [2.24, 2.45) is 5.92 Å². The molecule has 104 valence electrons. The molecule has 0 aromatic carbocycles. The van der Waals surface area contributed by atoms with Crippen molar-refractivity contribution in [2.75, 3.05) is 6.61 Å². The number of nitrogens with one attached hydrogen (secondary N) is 2. The van der Waals surface area contributed by atoms with Crippen molar-refractivity contribution in [1.82, 2.24) is 10.6 Å². The van der Waals surface area contributed by atoms with E-state index in [4.69, 9.17) is 5.11 Å². The van der Waals surface area contributed by atoms with E-state index in [0.717, 1.165) is 19.3 Å². The maximum atomic E-state index is 11.7. The highest BCUT2D eigenvalue weighted by Crippen LogP contribution is 2.23. The Morgan fingerprint density at radius 3 is 2.50 bits per heavy atom. The van der Waals surface area contributed by atoms with Crippen LogP contribution in [0.3, 0.4) is 0 Å². The zero-order valence-electron chi connectivity index (χ0n) is 11.2. The second kappa shape index (κ2) is 7.36. The van der Waals surface area contributed by atoms with Crippen molar-refractivity contribution in [3.8, 4) is 0 Å². The van der Waals surface area contributed by atoms with E-state index in [1.165, 1.54) is 6.42 Å². The van der Waals surface area contributed by atoms with Crippen LogP contribution in [0.25, 0.3) is 0 Å². The minimum Gasteiger partial charge on any atom is -0.394 e. The van der Waals surface area contributed by atoms with E-state index >= 15 is 0 Å². The Balaban J connectivity index is 2.41. The van der Waals surface area contributed by atoms with E-state index in [0.29, 0.717) is 12.3 Å². The molecule has 3 N–H and O–H groups in total. The Morgan fingerprint density at radius 2 is 1.94 bits per heavy atom. The summed E-state index contributed by atoms with van der Waals surface area (Å²) in [5.74, 6) is -0.801. The van der Waals surface area contributed by atoms with Crippen LogP contribution in [-0.4, -0.2) is 35.6 Å². The molecule has 1 aliphatic rings. The fraction of sp³-hybridized carbons (Fsp3) is 0.846. The summed E-state index contributed by atoms with van der Waals surface area (Å²) in [6, 6.07) is -0.238. The third-order valence-electron chi connectivity index (χ3n) is 3.68. The Labute approximate surface area is 108 Å². The van der Waals surface area contributed by atoms with Crippen LogP contribution < -0.4 is 10.6 Å². The second-order valence-electron chi connectivity index (χ2n) is 5.10. The van der Waals surface area contributed by atoms with Crippen LogP contribution >= 0.6 is 0 Å². The van der Waals surface area contributed by atoms with Crippen LogP contribution in [-0.2, 0) is 9.59 Å². The maximum Gasteiger partial charge on any atom is 0.309 e. The van der Waals surface area contributed by atoms with Gasteiger partial charge in [0.05, 0.1) is 12.6 Å². The molecule has 1 aliphatic carbocycles. The number of hydrogen-bond acceptors (Lipinski definition) is 3. The number of carbonyl (C=O) groups excluding carboxylic acids is 2. The van der Waals surface area contributed by atoms with Gasteiger partial charge in [0.15, 0.2) is 0 Å². The van der Waals surface area contributed by atoms with Gasteiger partial charge in [0.1, 0.15) is 0 Å². The number of amides is 2. The molecule has 2 amide bonds. The Morgan fingerprint density at radius 1 is 1.28 bits per heavy atom. The molecule has 0 aromatic rings. The SMILES string of the molecule is CC[C@H](CO)NC(=O)C(=O)N[C@H]1CCCC[C@@H]1C. The summed E-state index contributed by atoms with van der Waals surface area (Å²) >= 11 is 0. The van der Waals surface area contributed by atoms with Gasteiger partial charge in [-0.25, -0.2) is 0 Å². The van der Waals surface area contributed by atoms with Crippen LogP contribution in [0.1, 0.15) is 46.0 Å². The minimum absolute atomic E-state index is 0.103. The lowest BCUT2D eigenvalue weighted by atomic mass is 9.86. The largest absolute Gasteiger partial charge is 0.394 e. The predicted molar refractivity (Wildman–Crippen MR) is 68.9 cm³/mol. The van der Waals surface area contributed by atoms with Gasteiger partial charge in [0, 0.05) is 6.04 Å². The smallest absolute Gasteiger partial charge is 0.309 e. The zero-order valence-corrected chi connectivity index (χ0v) is 11.2. The summed E-state index contributed by atoms with van der Waals surface area (Å²) in [5.41, 5.74) is 0. The van der Waals surface area contributed by atoms with E-state index in [1.54, 1.807) is 0 Å². The zero-order chi connectivity index (χ0) is 13.5. The van der Waals surface area contributed by atoms with Gasteiger partial charge in [-0.15, -0.1) is 0 Å². The Kier molecular flexibility index (Phi) is 6.12. The lowest BCUT2D eigenvalue weighted by Crippen LogP contribution is -2.50. The molecule has 0 unspecified atom stereocenters. The Bertz CT molecular complexity index is 290. The molecule has 0 heterocycles. The number of rotatable bonds is 4. The van der Waals surface area contributed by atoms with E-state index in [-0.39, 0.29) is 18.7 Å². The summed E-state index contributed by atoms with van der Waals surface area (Å²) in [5, 5.41) is 14.3. The third kappa shape index (κ3) is 4.29. The van der Waals surface area contributed by atoms with Crippen molar-refractivity contribution in [2.45, 2.75) is 58.0 Å². The van der Waals surface area contributed by atoms with E-state index in [2.05, 4.69) is 17.6 Å². The first-order valence-corrected chi connectivity index (χ1v) is 6.80. The Hall–Kier alpha value is -1.10. The van der Waals surface area contributed by atoms with Gasteiger partial charge in [0.2, 0.25) is 0 Å². The van der Waals surface area contributed by atoms with Crippen molar-refractivity contribution in [3.05, 3.63) is 0 Å². The molecule has 1 saturated carbocycles. The molecule has 0 aromatic heterocycles. The summed E-state index contributed by atoms with van der Waals surface area (Å²) in [6.45, 7) is 3.81. The quantitative estimate of drug-likeness (QED) is 0.643. The molecule has 0 aliphatic heterocycles.